The molecule has 2 aromatic carbocycles. The third-order valence-corrected chi connectivity index (χ3v) is 9.42. The first-order chi connectivity index (χ1) is 20.8. The quantitative estimate of drug-likeness (QED) is 0.320. The van der Waals surface area contributed by atoms with Gasteiger partial charge in [-0.3, -0.25) is 19.3 Å². The van der Waals surface area contributed by atoms with Crippen molar-refractivity contribution in [2.75, 3.05) is 33.1 Å². The van der Waals surface area contributed by atoms with E-state index in [1.165, 1.54) is 4.90 Å². The number of hydrogen-bond donors (Lipinski definition) is 5. The van der Waals surface area contributed by atoms with E-state index in [0.717, 1.165) is 16.9 Å². The van der Waals surface area contributed by atoms with E-state index >= 15 is 0 Å². The molecular weight excluding hydrogens is 566 g/mol. The minimum atomic E-state index is -2.68. The highest BCUT2D eigenvalue weighted by molar-refractivity contribution is 6.25. The van der Waals surface area contributed by atoms with Crippen molar-refractivity contribution < 1.29 is 39.5 Å². The Hall–Kier alpha value is -4.61. The van der Waals surface area contributed by atoms with E-state index in [1.807, 2.05) is 49.3 Å². The predicted molar refractivity (Wildman–Crippen MR) is 161 cm³/mol. The SMILES string of the molecule is CN(C)c1cc(CC2=COc3ccccc3C2)c(O)c2c1C[C@H]1C[C@H]3[C@H](N(C)C)C(O)=C(C(N)=O)C(=O)[C@@]3(O)C(O)=C1C2=O. The van der Waals surface area contributed by atoms with Crippen LogP contribution in [0.3, 0.4) is 0 Å². The first-order valence-corrected chi connectivity index (χ1v) is 14.4. The van der Waals surface area contributed by atoms with Crippen LogP contribution in [0.1, 0.15) is 33.5 Å². The Labute approximate surface area is 254 Å². The van der Waals surface area contributed by atoms with Gasteiger partial charge in [0.05, 0.1) is 17.9 Å². The molecule has 0 bridgehead atoms. The predicted octanol–water partition coefficient (Wildman–Crippen LogP) is 2.25. The molecule has 3 aliphatic carbocycles. The molecule has 11 heteroatoms. The fourth-order valence-corrected chi connectivity index (χ4v) is 7.43. The molecule has 6 N–H and O–H groups in total. The highest BCUT2D eigenvalue weighted by Crippen LogP contribution is 2.53. The maximum Gasteiger partial charge on any atom is 0.255 e. The smallest absolute Gasteiger partial charge is 0.255 e. The summed E-state index contributed by atoms with van der Waals surface area (Å²) in [6.07, 6.45) is 2.78. The number of nitrogens with zero attached hydrogens (tertiary/aromatic N) is 2. The molecule has 1 heterocycles. The van der Waals surface area contributed by atoms with Crippen molar-refractivity contribution in [1.29, 1.82) is 0 Å². The fraction of sp³-hybridized carbons (Fsp3) is 0.364. The number of aromatic hydroxyl groups is 1. The molecule has 44 heavy (non-hydrogen) atoms. The van der Waals surface area contributed by atoms with Gasteiger partial charge in [-0.05, 0) is 61.7 Å². The number of rotatable bonds is 5. The number of aliphatic hydroxyl groups is 3. The summed E-state index contributed by atoms with van der Waals surface area (Å²) in [5.74, 6) is -5.92. The van der Waals surface area contributed by atoms with E-state index in [9.17, 15) is 34.8 Å². The summed E-state index contributed by atoms with van der Waals surface area (Å²) in [5, 5.41) is 46.0. The van der Waals surface area contributed by atoms with Crippen molar-refractivity contribution in [2.45, 2.75) is 37.3 Å². The lowest BCUT2D eigenvalue weighted by atomic mass is 9.58. The highest BCUT2D eigenvalue weighted by atomic mass is 16.5. The third kappa shape index (κ3) is 4.14. The fourth-order valence-electron chi connectivity index (χ4n) is 7.43. The average molecular weight is 602 g/mol. The summed E-state index contributed by atoms with van der Waals surface area (Å²) in [7, 11) is 6.86. The summed E-state index contributed by atoms with van der Waals surface area (Å²) >= 11 is 0. The van der Waals surface area contributed by atoms with Gasteiger partial charge in [0.25, 0.3) is 5.91 Å². The van der Waals surface area contributed by atoms with Crippen LogP contribution in [0.4, 0.5) is 5.69 Å². The number of ketones is 2. The number of fused-ring (bicyclic) bond motifs is 4. The van der Waals surface area contributed by atoms with Gasteiger partial charge in [-0.25, -0.2) is 0 Å². The van der Waals surface area contributed by atoms with E-state index in [0.29, 0.717) is 23.2 Å². The molecule has 4 aliphatic rings. The van der Waals surface area contributed by atoms with E-state index in [4.69, 9.17) is 10.5 Å². The summed E-state index contributed by atoms with van der Waals surface area (Å²) in [6, 6.07) is 8.45. The lowest BCUT2D eigenvalue weighted by Gasteiger charge is -2.50. The molecular formula is C33H35N3O8. The zero-order valence-corrected chi connectivity index (χ0v) is 24.9. The van der Waals surface area contributed by atoms with Crippen LogP contribution < -0.4 is 15.4 Å². The van der Waals surface area contributed by atoms with Crippen LogP contribution >= 0.6 is 0 Å². The number of likely N-dealkylation sites (N-methyl/N-ethyl adjacent to an activating group) is 1. The molecule has 230 valence electrons. The maximum absolute atomic E-state index is 14.3. The van der Waals surface area contributed by atoms with Crippen molar-refractivity contribution in [3.8, 4) is 11.5 Å². The minimum Gasteiger partial charge on any atom is -0.510 e. The number of carbonyl (C=O) groups excluding carboxylic acids is 3. The Kier molecular flexibility index (Phi) is 6.86. The Balaban J connectivity index is 1.47. The first kappa shape index (κ1) is 29.5. The van der Waals surface area contributed by atoms with Crippen molar-refractivity contribution in [2.24, 2.45) is 17.6 Å². The van der Waals surface area contributed by atoms with Gasteiger partial charge in [-0.15, -0.1) is 0 Å². The highest BCUT2D eigenvalue weighted by Gasteiger charge is 2.63. The molecule has 0 saturated carbocycles. The Morgan fingerprint density at radius 1 is 1.11 bits per heavy atom. The number of phenolic OH excluding ortho intramolecular Hbond substituents is 1. The number of Topliss-reactive ketones (excluding diaryl/α,β-unsaturated/α-hetero) is 2. The van der Waals surface area contributed by atoms with Crippen LogP contribution in [-0.2, 0) is 28.9 Å². The molecule has 0 radical (unpaired) electrons. The van der Waals surface area contributed by atoms with Gasteiger partial charge in [0.1, 0.15) is 28.6 Å². The summed E-state index contributed by atoms with van der Waals surface area (Å²) in [5.41, 5.74) is 5.36. The molecule has 0 spiro atoms. The van der Waals surface area contributed by atoms with Crippen molar-refractivity contribution in [1.82, 2.24) is 4.90 Å². The standard InChI is InChI=1S/C33H35N3O8/c1-35(2)21-13-18(10-15-9-16-7-5-6-8-22(16)44-14-15)27(37)24-19(21)11-17-12-20-26(36(3)4)29(39)25(32(34)42)31(41)33(20,43)30(40)23(17)28(24)38/h5-8,13-14,17,20,26,37,39-40,43H,9-12H2,1-4H3,(H2,34,42)/t17-,20-,26-,33-/m0/s1. The van der Waals surface area contributed by atoms with E-state index in [1.54, 1.807) is 20.4 Å². The molecule has 0 saturated heterocycles. The van der Waals surface area contributed by atoms with E-state index in [-0.39, 0.29) is 36.1 Å². The second-order valence-corrected chi connectivity index (χ2v) is 12.5. The summed E-state index contributed by atoms with van der Waals surface area (Å²) in [6.45, 7) is 0. The lowest BCUT2D eigenvalue weighted by molar-refractivity contribution is -0.148. The number of hydrogen-bond acceptors (Lipinski definition) is 10. The summed E-state index contributed by atoms with van der Waals surface area (Å²) < 4.78 is 5.80. The van der Waals surface area contributed by atoms with E-state index < -0.39 is 58.0 Å². The molecule has 0 fully saturated rings. The van der Waals surface area contributed by atoms with Gasteiger partial charge in [-0.2, -0.15) is 0 Å². The van der Waals surface area contributed by atoms with Crippen LogP contribution in [-0.4, -0.2) is 82.6 Å². The molecule has 6 rings (SSSR count). The van der Waals surface area contributed by atoms with Gasteiger partial charge in [0, 0.05) is 49.7 Å². The van der Waals surface area contributed by atoms with E-state index in [2.05, 4.69) is 0 Å². The number of amides is 1. The Bertz CT molecular complexity index is 1740. The number of ether oxygens (including phenoxy) is 1. The largest absolute Gasteiger partial charge is 0.510 e. The van der Waals surface area contributed by atoms with Crippen molar-refractivity contribution >= 4 is 23.2 Å². The van der Waals surface area contributed by atoms with Gasteiger partial charge < -0.3 is 35.8 Å². The normalized spacial score (nSPS) is 26.0. The molecule has 1 aliphatic heterocycles. The third-order valence-electron chi connectivity index (χ3n) is 9.42. The maximum atomic E-state index is 14.3. The average Bonchev–Trinajstić information content (AvgIpc) is 2.95. The minimum absolute atomic E-state index is 0.00953. The van der Waals surface area contributed by atoms with Gasteiger partial charge in [0.15, 0.2) is 11.4 Å². The van der Waals surface area contributed by atoms with Crippen LogP contribution in [0.5, 0.6) is 11.5 Å². The topological polar surface area (TPSA) is 174 Å². The number of benzene rings is 2. The van der Waals surface area contributed by atoms with Crippen LogP contribution in [0, 0.1) is 11.8 Å². The number of anilines is 1. The zero-order chi connectivity index (χ0) is 31.8. The van der Waals surface area contributed by atoms with Crippen LogP contribution in [0.25, 0.3) is 0 Å². The number of nitrogens with two attached hydrogens (primary N) is 1. The number of primary amides is 1. The number of para-hydroxylation sites is 1. The van der Waals surface area contributed by atoms with Crippen molar-refractivity contribution in [3.63, 3.8) is 0 Å². The van der Waals surface area contributed by atoms with Crippen LogP contribution in [0.15, 0.2) is 64.8 Å². The molecule has 0 aromatic heterocycles. The molecule has 4 atom stereocenters. The monoisotopic (exact) mass is 601 g/mol. The number of carbonyl (C=O) groups is 3. The number of aliphatic hydroxyl groups excluding tert-OH is 2. The Morgan fingerprint density at radius 3 is 2.48 bits per heavy atom. The second-order valence-electron chi connectivity index (χ2n) is 12.5. The molecule has 1 amide bonds. The second kappa shape index (κ2) is 10.2. The molecule has 2 aromatic rings. The molecule has 0 unspecified atom stereocenters. The van der Waals surface area contributed by atoms with Gasteiger partial charge in [0.2, 0.25) is 5.78 Å². The molecule has 11 nitrogen and oxygen atoms in total. The Morgan fingerprint density at radius 2 is 1.82 bits per heavy atom. The zero-order valence-electron chi connectivity index (χ0n) is 24.9. The number of allylic oxidation sites excluding steroid dienone is 2. The van der Waals surface area contributed by atoms with Gasteiger partial charge >= 0.3 is 0 Å². The van der Waals surface area contributed by atoms with Crippen LogP contribution in [0.2, 0.25) is 0 Å². The first-order valence-electron chi connectivity index (χ1n) is 14.4. The lowest BCUT2D eigenvalue weighted by Crippen LogP contribution is -2.63. The summed E-state index contributed by atoms with van der Waals surface area (Å²) in [4.78, 5) is 43.4. The van der Waals surface area contributed by atoms with Gasteiger partial charge in [-0.1, -0.05) is 18.2 Å². The number of phenols is 1. The van der Waals surface area contributed by atoms with Crippen molar-refractivity contribution in [3.05, 3.63) is 87.1 Å².